The molecule has 7 rings (SSSR count). The Labute approximate surface area is 292 Å². The third-order valence-corrected chi connectivity index (χ3v) is 10.4. The van der Waals surface area contributed by atoms with E-state index < -0.39 is 0 Å². The molecule has 1 aliphatic heterocycles. The molecule has 0 bridgehead atoms. The number of hydrogen-bond acceptors (Lipinski definition) is 3. The van der Waals surface area contributed by atoms with Crippen molar-refractivity contribution in [3.8, 4) is 0 Å². The SMILES string of the molecule is C=NC(CC(=NCc1cccc(C2=Nc3ccccc3C(c3ccccc3C)C2C)c1)C1=CC=CCC1)C1C=CC(c2ccccc2)=CC1. The maximum absolute atomic E-state index is 5.33. The summed E-state index contributed by atoms with van der Waals surface area (Å²) in [7, 11) is 0. The van der Waals surface area contributed by atoms with Gasteiger partial charge in [-0.2, -0.15) is 0 Å². The standard InChI is InChI=1S/C46H45N3/c1-32-15-10-11-22-40(32)45-33(2)46(49-42-24-13-12-23-41(42)45)39-21-14-16-34(29-39)31-48-44(37-19-8-5-9-20-37)30-43(47-3)38-27-25-36(26-28-38)35-17-6-4-7-18-35/h4-8,10-19,21-27,29,33,38,43,45H,3,9,20,28,30-31H2,1-2H3. The van der Waals surface area contributed by atoms with Crippen molar-refractivity contribution >= 4 is 29.4 Å². The fraction of sp³-hybridized carbons (Fsp3) is 0.239. The largest absolute Gasteiger partial charge is 0.297 e. The van der Waals surface area contributed by atoms with Crippen LogP contribution in [0.5, 0.6) is 0 Å². The van der Waals surface area contributed by atoms with E-state index in [-0.39, 0.29) is 17.9 Å². The first-order chi connectivity index (χ1) is 24.1. The molecular weight excluding hydrogens is 595 g/mol. The zero-order chi connectivity index (χ0) is 33.6. The Bertz CT molecular complexity index is 2000. The van der Waals surface area contributed by atoms with Crippen LogP contribution < -0.4 is 0 Å². The maximum Gasteiger partial charge on any atom is 0.0671 e. The van der Waals surface area contributed by atoms with Gasteiger partial charge in [0.15, 0.2) is 0 Å². The van der Waals surface area contributed by atoms with Gasteiger partial charge in [-0.1, -0.05) is 134 Å². The van der Waals surface area contributed by atoms with E-state index in [4.69, 9.17) is 9.98 Å². The summed E-state index contributed by atoms with van der Waals surface area (Å²) in [6, 6.07) is 37.0. The summed E-state index contributed by atoms with van der Waals surface area (Å²) in [5.74, 6) is 0.775. The number of aryl methyl sites for hydroxylation is 1. The van der Waals surface area contributed by atoms with Gasteiger partial charge in [0, 0.05) is 29.9 Å². The Balaban J connectivity index is 1.14. The lowest BCUT2D eigenvalue weighted by molar-refractivity contribution is 0.521. The quantitative estimate of drug-likeness (QED) is 0.155. The van der Waals surface area contributed by atoms with Crippen molar-refractivity contribution in [2.24, 2.45) is 26.8 Å². The maximum atomic E-state index is 5.33. The van der Waals surface area contributed by atoms with Crippen molar-refractivity contribution in [2.75, 3.05) is 0 Å². The van der Waals surface area contributed by atoms with Crippen LogP contribution in [-0.4, -0.2) is 24.2 Å². The molecule has 2 aliphatic carbocycles. The smallest absolute Gasteiger partial charge is 0.0671 e. The normalized spacial score (nSPS) is 20.9. The van der Waals surface area contributed by atoms with Gasteiger partial charge in [0.2, 0.25) is 0 Å². The van der Waals surface area contributed by atoms with Crippen LogP contribution in [0.3, 0.4) is 0 Å². The Morgan fingerprint density at radius 2 is 1.67 bits per heavy atom. The summed E-state index contributed by atoms with van der Waals surface area (Å²) in [5.41, 5.74) is 13.6. The van der Waals surface area contributed by atoms with Gasteiger partial charge in [0.25, 0.3) is 0 Å². The number of allylic oxidation sites excluding steroid dienone is 7. The van der Waals surface area contributed by atoms with E-state index in [9.17, 15) is 0 Å². The molecule has 0 radical (unpaired) electrons. The monoisotopic (exact) mass is 639 g/mol. The lowest BCUT2D eigenvalue weighted by Gasteiger charge is -2.32. The lowest BCUT2D eigenvalue weighted by Crippen LogP contribution is -2.25. The van der Waals surface area contributed by atoms with Crippen LogP contribution in [0.15, 0.2) is 160 Å². The predicted molar refractivity (Wildman–Crippen MR) is 208 cm³/mol. The Kier molecular flexibility index (Phi) is 9.89. The summed E-state index contributed by atoms with van der Waals surface area (Å²) in [6.07, 6.45) is 17.4. The minimum absolute atomic E-state index is 0.0672. The zero-order valence-corrected chi connectivity index (χ0v) is 28.7. The van der Waals surface area contributed by atoms with Gasteiger partial charge in [-0.25, -0.2) is 0 Å². The molecule has 0 aromatic heterocycles. The van der Waals surface area contributed by atoms with Gasteiger partial charge >= 0.3 is 0 Å². The predicted octanol–water partition coefficient (Wildman–Crippen LogP) is 11.2. The number of fused-ring (bicyclic) bond motifs is 1. The number of para-hydroxylation sites is 1. The van der Waals surface area contributed by atoms with Crippen molar-refractivity contribution < 1.29 is 0 Å². The summed E-state index contributed by atoms with van der Waals surface area (Å²) >= 11 is 0. The number of rotatable bonds is 10. The number of benzene rings is 4. The van der Waals surface area contributed by atoms with Crippen LogP contribution >= 0.6 is 0 Å². The lowest BCUT2D eigenvalue weighted by atomic mass is 9.74. The Morgan fingerprint density at radius 1 is 0.898 bits per heavy atom. The van der Waals surface area contributed by atoms with E-state index in [0.717, 1.165) is 42.8 Å². The third-order valence-electron chi connectivity index (χ3n) is 10.4. The molecule has 4 aromatic carbocycles. The highest BCUT2D eigenvalue weighted by atomic mass is 14.8. The van der Waals surface area contributed by atoms with E-state index in [1.807, 2.05) is 0 Å². The second-order valence-electron chi connectivity index (χ2n) is 13.5. The molecule has 0 N–H and O–H groups in total. The van der Waals surface area contributed by atoms with Crippen LogP contribution in [0.1, 0.15) is 71.9 Å². The van der Waals surface area contributed by atoms with Crippen LogP contribution in [0.25, 0.3) is 5.57 Å². The van der Waals surface area contributed by atoms with Gasteiger partial charge < -0.3 is 0 Å². The van der Waals surface area contributed by atoms with Crippen LogP contribution in [-0.2, 0) is 6.54 Å². The first kappa shape index (κ1) is 32.4. The molecule has 1 heterocycles. The van der Waals surface area contributed by atoms with Crippen molar-refractivity contribution in [3.05, 3.63) is 179 Å². The van der Waals surface area contributed by atoms with Crippen LogP contribution in [0, 0.1) is 18.8 Å². The molecule has 0 amide bonds. The molecule has 3 nitrogen and oxygen atoms in total. The second-order valence-corrected chi connectivity index (χ2v) is 13.5. The van der Waals surface area contributed by atoms with Gasteiger partial charge in [0.05, 0.1) is 24.0 Å². The average molecular weight is 640 g/mol. The van der Waals surface area contributed by atoms with Crippen molar-refractivity contribution in [2.45, 2.75) is 58.0 Å². The molecule has 0 fully saturated rings. The molecule has 0 spiro atoms. The Morgan fingerprint density at radius 3 is 2.43 bits per heavy atom. The van der Waals surface area contributed by atoms with Crippen molar-refractivity contribution in [1.82, 2.24) is 0 Å². The van der Waals surface area contributed by atoms with E-state index in [0.29, 0.717) is 12.5 Å². The van der Waals surface area contributed by atoms with Gasteiger partial charge in [-0.15, -0.1) is 0 Å². The molecule has 4 atom stereocenters. The molecule has 0 saturated carbocycles. The molecule has 3 heteroatoms. The highest BCUT2D eigenvalue weighted by Crippen LogP contribution is 2.44. The van der Waals surface area contributed by atoms with E-state index in [1.54, 1.807) is 0 Å². The van der Waals surface area contributed by atoms with Gasteiger partial charge in [0.1, 0.15) is 0 Å². The van der Waals surface area contributed by atoms with Crippen molar-refractivity contribution in [1.29, 1.82) is 0 Å². The highest BCUT2D eigenvalue weighted by Gasteiger charge is 2.32. The minimum Gasteiger partial charge on any atom is -0.297 e. The number of nitrogens with zero attached hydrogens (tertiary/aromatic N) is 3. The summed E-state index contributed by atoms with van der Waals surface area (Å²) in [5, 5.41) is 0. The van der Waals surface area contributed by atoms with Crippen LogP contribution in [0.4, 0.5) is 5.69 Å². The summed E-state index contributed by atoms with van der Waals surface area (Å²) < 4.78 is 0. The fourth-order valence-electron chi connectivity index (χ4n) is 7.68. The van der Waals surface area contributed by atoms with E-state index in [1.165, 1.54) is 44.5 Å². The Hall–Kier alpha value is -5.15. The zero-order valence-electron chi connectivity index (χ0n) is 28.7. The van der Waals surface area contributed by atoms with Crippen molar-refractivity contribution in [3.63, 3.8) is 0 Å². The number of hydrogen-bond donors (Lipinski definition) is 0. The van der Waals surface area contributed by atoms with Crippen LogP contribution in [0.2, 0.25) is 0 Å². The van der Waals surface area contributed by atoms with Gasteiger partial charge in [-0.05, 0) is 89.6 Å². The van der Waals surface area contributed by atoms with Gasteiger partial charge in [-0.3, -0.25) is 15.0 Å². The summed E-state index contributed by atoms with van der Waals surface area (Å²) in [4.78, 5) is 15.3. The molecular formula is C46H45N3. The first-order valence-corrected chi connectivity index (χ1v) is 17.7. The molecule has 4 unspecified atom stereocenters. The molecule has 0 saturated heterocycles. The first-order valence-electron chi connectivity index (χ1n) is 17.7. The molecule has 49 heavy (non-hydrogen) atoms. The molecule has 4 aromatic rings. The topological polar surface area (TPSA) is 37.1 Å². The highest BCUT2D eigenvalue weighted by molar-refractivity contribution is 6.06. The number of aliphatic imine (C=N–C) groups is 3. The average Bonchev–Trinajstić information content (AvgIpc) is 3.16. The van der Waals surface area contributed by atoms with E-state index in [2.05, 4.69) is 165 Å². The minimum atomic E-state index is 0.0672. The second kappa shape index (κ2) is 15.0. The summed E-state index contributed by atoms with van der Waals surface area (Å²) in [6.45, 7) is 9.21. The van der Waals surface area contributed by atoms with E-state index >= 15 is 0 Å². The fourth-order valence-corrected chi connectivity index (χ4v) is 7.68. The molecule has 244 valence electrons. The third kappa shape index (κ3) is 7.17. The molecule has 3 aliphatic rings.